The lowest BCUT2D eigenvalue weighted by molar-refractivity contribution is -0.142. The summed E-state index contributed by atoms with van der Waals surface area (Å²) in [6.45, 7) is 6.82. The summed E-state index contributed by atoms with van der Waals surface area (Å²) in [4.78, 5) is 27.7. The second kappa shape index (κ2) is 12.4. The molecule has 0 bridgehead atoms. The fourth-order valence-corrected chi connectivity index (χ4v) is 7.14. The van der Waals surface area contributed by atoms with Gasteiger partial charge >= 0.3 is 5.97 Å². The first-order valence-electron chi connectivity index (χ1n) is 14.0. The van der Waals surface area contributed by atoms with Gasteiger partial charge in [-0.3, -0.25) is 9.59 Å². The maximum Gasteiger partial charge on any atom is 0.305 e. The van der Waals surface area contributed by atoms with E-state index >= 15 is 8.78 Å². The minimum atomic E-state index is -1.67. The molecular formula is C31H37Cl2F2N3O3. The van der Waals surface area contributed by atoms with Crippen molar-refractivity contribution in [3.63, 3.8) is 0 Å². The molecular weight excluding hydrogens is 571 g/mol. The second-order valence-corrected chi connectivity index (χ2v) is 13.4. The number of hydrogen-bond acceptors (Lipinski definition) is 5. The maximum absolute atomic E-state index is 15.9. The summed E-state index contributed by atoms with van der Waals surface area (Å²) >= 11 is 12.4. The smallest absolute Gasteiger partial charge is 0.305 e. The molecule has 10 heteroatoms. The molecule has 2 aliphatic heterocycles. The van der Waals surface area contributed by atoms with E-state index in [4.69, 9.17) is 27.9 Å². The Balaban J connectivity index is 1.80. The number of piperidine rings is 1. The monoisotopic (exact) mass is 607 g/mol. The number of nitrogens with one attached hydrogen (secondary N) is 1. The van der Waals surface area contributed by atoms with Crippen LogP contribution in [0.1, 0.15) is 52.0 Å². The van der Waals surface area contributed by atoms with Gasteiger partial charge in [0.05, 0.1) is 24.3 Å². The van der Waals surface area contributed by atoms with Crippen molar-refractivity contribution in [2.24, 2.45) is 23.2 Å². The maximum atomic E-state index is 15.9. The predicted molar refractivity (Wildman–Crippen MR) is 154 cm³/mol. The molecule has 0 radical (unpaired) electrons. The highest BCUT2D eigenvalue weighted by atomic mass is 35.5. The Kier molecular flexibility index (Phi) is 9.52. The van der Waals surface area contributed by atoms with Crippen molar-refractivity contribution in [2.45, 2.75) is 70.1 Å². The molecule has 1 amide bonds. The molecule has 0 spiro atoms. The van der Waals surface area contributed by atoms with Crippen LogP contribution in [0.2, 0.25) is 5.02 Å². The minimum Gasteiger partial charge on any atom is -0.469 e. The molecule has 0 aromatic heterocycles. The van der Waals surface area contributed by atoms with Gasteiger partial charge < -0.3 is 15.0 Å². The number of esters is 1. The first kappa shape index (κ1) is 31.5. The topological polar surface area (TPSA) is 82.4 Å². The largest absolute Gasteiger partial charge is 0.469 e. The van der Waals surface area contributed by atoms with Gasteiger partial charge in [0, 0.05) is 48.0 Å². The Morgan fingerprint density at radius 1 is 1.24 bits per heavy atom. The fraction of sp³-hybridized carbons (Fsp3) is 0.581. The molecule has 222 valence electrons. The number of ether oxygens (including phenoxy) is 1. The number of rotatable bonds is 6. The predicted octanol–water partition coefficient (Wildman–Crippen LogP) is 6.08. The fourth-order valence-electron chi connectivity index (χ4n) is 6.76. The van der Waals surface area contributed by atoms with Gasteiger partial charge in [-0.25, -0.2) is 8.78 Å². The average molecular weight is 609 g/mol. The standard InChI is InChI=1S/C31H37Cl2F2N3O3/c1-30(2,3)16-24-31(17-36,21-9-8-19(32)15-23(21)34)26(20-6-5-7-22(33)27(20)35)28(37-24)29(40)38-12-10-18(11-13-38)14-25(39)41-4/h5-9,15,18,20,24,26-28,37H,10-14,16H2,1-4H3. The zero-order valence-electron chi connectivity index (χ0n) is 23.8. The van der Waals surface area contributed by atoms with Crippen molar-refractivity contribution >= 4 is 35.1 Å². The molecule has 1 N–H and O–H groups in total. The highest BCUT2D eigenvalue weighted by Gasteiger charge is 2.63. The first-order valence-corrected chi connectivity index (χ1v) is 14.7. The molecule has 6 atom stereocenters. The normalized spacial score (nSPS) is 30.6. The summed E-state index contributed by atoms with van der Waals surface area (Å²) in [6, 6.07) is 4.89. The third-order valence-electron chi connectivity index (χ3n) is 8.67. The number of benzene rings is 1. The van der Waals surface area contributed by atoms with Gasteiger partial charge in [-0.05, 0) is 48.8 Å². The second-order valence-electron chi connectivity index (χ2n) is 12.6. The van der Waals surface area contributed by atoms with Crippen LogP contribution in [0.5, 0.6) is 0 Å². The molecule has 2 fully saturated rings. The molecule has 1 aromatic carbocycles. The zero-order chi connectivity index (χ0) is 30.1. The van der Waals surface area contributed by atoms with E-state index in [0.717, 1.165) is 6.07 Å². The SMILES string of the molecule is COC(=O)CC1CCN(C(=O)C2NC(CC(C)(C)C)C(C#N)(c3ccc(Cl)cc3F)C2C2C=CC=C(Cl)C2F)CC1. The van der Waals surface area contributed by atoms with Gasteiger partial charge in [-0.1, -0.05) is 62.2 Å². The first-order chi connectivity index (χ1) is 19.3. The lowest BCUT2D eigenvalue weighted by atomic mass is 9.60. The van der Waals surface area contributed by atoms with Gasteiger partial charge in [-0.15, -0.1) is 0 Å². The van der Waals surface area contributed by atoms with Crippen molar-refractivity contribution in [3.05, 3.63) is 57.9 Å². The van der Waals surface area contributed by atoms with Crippen molar-refractivity contribution in [2.75, 3.05) is 20.2 Å². The van der Waals surface area contributed by atoms with Crippen LogP contribution in [-0.2, 0) is 19.7 Å². The Morgan fingerprint density at radius 3 is 2.51 bits per heavy atom. The van der Waals surface area contributed by atoms with Crippen LogP contribution < -0.4 is 5.32 Å². The molecule has 6 unspecified atom stereocenters. The van der Waals surface area contributed by atoms with Crippen LogP contribution in [0.4, 0.5) is 8.78 Å². The van der Waals surface area contributed by atoms with Gasteiger partial charge in [0.15, 0.2) is 0 Å². The van der Waals surface area contributed by atoms with E-state index in [1.54, 1.807) is 17.1 Å². The van der Waals surface area contributed by atoms with Crippen LogP contribution in [0.25, 0.3) is 0 Å². The van der Waals surface area contributed by atoms with Gasteiger partial charge in [0.2, 0.25) is 5.91 Å². The van der Waals surface area contributed by atoms with E-state index in [9.17, 15) is 14.9 Å². The Bertz CT molecular complexity index is 1270. The summed E-state index contributed by atoms with van der Waals surface area (Å²) in [5.41, 5.74) is -1.85. The molecule has 3 aliphatic rings. The minimum absolute atomic E-state index is 0.0324. The molecule has 1 aromatic rings. The number of likely N-dealkylation sites (tertiary alicyclic amines) is 1. The van der Waals surface area contributed by atoms with Crippen molar-refractivity contribution in [1.82, 2.24) is 10.2 Å². The number of alkyl halides is 1. The van der Waals surface area contributed by atoms with E-state index in [2.05, 4.69) is 11.4 Å². The highest BCUT2D eigenvalue weighted by molar-refractivity contribution is 6.30. The number of nitriles is 1. The van der Waals surface area contributed by atoms with Gasteiger partial charge in [-0.2, -0.15) is 5.26 Å². The molecule has 4 rings (SSSR count). The van der Waals surface area contributed by atoms with E-state index in [0.29, 0.717) is 32.4 Å². The zero-order valence-corrected chi connectivity index (χ0v) is 25.3. The Hall–Kier alpha value is -2.47. The number of carbonyl (C=O) groups is 2. The molecule has 0 saturated carbocycles. The van der Waals surface area contributed by atoms with Crippen molar-refractivity contribution in [1.29, 1.82) is 5.26 Å². The third-order valence-corrected chi connectivity index (χ3v) is 9.24. The Morgan fingerprint density at radius 2 is 1.93 bits per heavy atom. The van der Waals surface area contributed by atoms with E-state index in [1.165, 1.54) is 25.3 Å². The van der Waals surface area contributed by atoms with Crippen LogP contribution >= 0.6 is 23.2 Å². The van der Waals surface area contributed by atoms with Gasteiger partial charge in [0.25, 0.3) is 0 Å². The lowest BCUT2D eigenvalue weighted by Gasteiger charge is -2.41. The summed E-state index contributed by atoms with van der Waals surface area (Å²) in [6.07, 6.45) is 4.96. The molecule has 1 aliphatic carbocycles. The van der Waals surface area contributed by atoms with Crippen LogP contribution in [0.15, 0.2) is 41.5 Å². The molecule has 2 saturated heterocycles. The number of amides is 1. The van der Waals surface area contributed by atoms with E-state index in [-0.39, 0.29) is 45.2 Å². The number of nitrogens with zero attached hydrogens (tertiary/aromatic N) is 2. The van der Waals surface area contributed by atoms with Crippen LogP contribution in [-0.4, -0.2) is 55.2 Å². The Labute approximate surface area is 250 Å². The molecule has 41 heavy (non-hydrogen) atoms. The van der Waals surface area contributed by atoms with Crippen molar-refractivity contribution in [3.8, 4) is 6.07 Å². The quantitative estimate of drug-likeness (QED) is 0.396. The van der Waals surface area contributed by atoms with E-state index < -0.39 is 41.3 Å². The van der Waals surface area contributed by atoms with Crippen LogP contribution in [0, 0.1) is 40.3 Å². The summed E-state index contributed by atoms with van der Waals surface area (Å²) in [5, 5.41) is 14.5. The lowest BCUT2D eigenvalue weighted by Crippen LogP contribution is -2.53. The number of halogens is 4. The van der Waals surface area contributed by atoms with Crippen molar-refractivity contribution < 1.29 is 23.1 Å². The number of carbonyl (C=O) groups excluding carboxylic acids is 2. The summed E-state index contributed by atoms with van der Waals surface area (Å²) < 4.78 is 36.5. The third kappa shape index (κ3) is 6.33. The van der Waals surface area contributed by atoms with Gasteiger partial charge in [0.1, 0.15) is 17.4 Å². The highest BCUT2D eigenvalue weighted by Crippen LogP contribution is 2.53. The number of allylic oxidation sites excluding steroid dienone is 4. The molecule has 6 nitrogen and oxygen atoms in total. The number of methoxy groups -OCH3 is 1. The number of hydrogen-bond donors (Lipinski definition) is 1. The van der Waals surface area contributed by atoms with E-state index in [1.807, 2.05) is 20.8 Å². The summed E-state index contributed by atoms with van der Waals surface area (Å²) in [5.74, 6) is -3.10. The van der Waals surface area contributed by atoms with Crippen LogP contribution in [0.3, 0.4) is 0 Å². The summed E-state index contributed by atoms with van der Waals surface area (Å²) in [7, 11) is 1.35. The average Bonchev–Trinajstić information content (AvgIpc) is 3.23. The molecule has 2 heterocycles.